The number of halogens is 1. The van der Waals surface area contributed by atoms with Crippen molar-refractivity contribution in [3.05, 3.63) is 44.6 Å². The van der Waals surface area contributed by atoms with E-state index in [4.69, 9.17) is 16.3 Å². The molecule has 0 amide bonds. The van der Waals surface area contributed by atoms with Gasteiger partial charge in [-0.25, -0.2) is 4.79 Å². The zero-order valence-electron chi connectivity index (χ0n) is 16.9. The molecule has 2 aromatic rings. The Kier molecular flexibility index (Phi) is 6.18. The van der Waals surface area contributed by atoms with Crippen molar-refractivity contribution in [3.8, 4) is 0 Å². The van der Waals surface area contributed by atoms with E-state index in [1.54, 1.807) is 6.07 Å². The van der Waals surface area contributed by atoms with E-state index in [1.165, 1.54) is 23.5 Å². The number of Topliss-reactive ketones (excluding diaryl/α,β-unsaturated/α-hetero) is 1. The molecule has 164 valence electrons. The summed E-state index contributed by atoms with van der Waals surface area (Å²) >= 11 is 7.69. The van der Waals surface area contributed by atoms with Gasteiger partial charge in [-0.2, -0.15) is 8.42 Å². The maximum absolute atomic E-state index is 12.7. The van der Waals surface area contributed by atoms with E-state index in [9.17, 15) is 18.0 Å². The zero-order valence-corrected chi connectivity index (χ0v) is 19.3. The van der Waals surface area contributed by atoms with E-state index in [1.807, 2.05) is 17.9 Å². The minimum Gasteiger partial charge on any atom is -0.454 e. The summed E-state index contributed by atoms with van der Waals surface area (Å²) in [4.78, 5) is 28.2. The van der Waals surface area contributed by atoms with Crippen LogP contribution in [0.15, 0.2) is 33.6 Å². The molecule has 2 aliphatic heterocycles. The number of amidine groups is 1. The number of aryl methyl sites for hydroxylation is 1. The highest BCUT2D eigenvalue weighted by Gasteiger charge is 2.33. The Morgan fingerprint density at radius 2 is 2.03 bits per heavy atom. The standard InChI is InChI=1S/C21H21ClN2O5S2/c1-2-13-7-8-18(30-13)17(25)12-29-21(26)14-10-19-16(11-15(14)22)24-9-5-3-4-6-20(24)23-31(19,27)28/h7-8,10-11H,2-6,9,12H2,1H3. The molecule has 7 nitrogen and oxygen atoms in total. The molecule has 0 radical (unpaired) electrons. The van der Waals surface area contributed by atoms with Gasteiger partial charge in [-0.05, 0) is 43.5 Å². The number of carbonyl (C=O) groups excluding carboxylic acids is 2. The fraction of sp³-hybridized carbons (Fsp3) is 0.381. The molecule has 0 aliphatic carbocycles. The minimum absolute atomic E-state index is 0.0706. The molecule has 0 spiro atoms. The molecule has 2 aliphatic rings. The molecule has 1 fully saturated rings. The third kappa shape index (κ3) is 4.40. The van der Waals surface area contributed by atoms with Gasteiger partial charge < -0.3 is 9.64 Å². The van der Waals surface area contributed by atoms with Crippen LogP contribution in [-0.4, -0.2) is 39.2 Å². The largest absolute Gasteiger partial charge is 0.454 e. The molecule has 0 atom stereocenters. The summed E-state index contributed by atoms with van der Waals surface area (Å²) in [6.45, 7) is 2.18. The van der Waals surface area contributed by atoms with Crippen LogP contribution in [0.1, 0.15) is 57.5 Å². The van der Waals surface area contributed by atoms with Crippen molar-refractivity contribution in [2.45, 2.75) is 43.9 Å². The Bertz CT molecular complexity index is 1190. The Balaban J connectivity index is 1.58. The number of sulfonamides is 1. The van der Waals surface area contributed by atoms with Crippen molar-refractivity contribution in [2.75, 3.05) is 18.1 Å². The van der Waals surface area contributed by atoms with Crippen LogP contribution in [0.5, 0.6) is 0 Å². The summed E-state index contributed by atoms with van der Waals surface area (Å²) in [7, 11) is -3.96. The average molecular weight is 481 g/mol. The first-order valence-corrected chi connectivity index (χ1v) is 12.7. The number of anilines is 1. The molecule has 0 N–H and O–H groups in total. The van der Waals surface area contributed by atoms with E-state index >= 15 is 0 Å². The van der Waals surface area contributed by atoms with Crippen LogP contribution in [0, 0.1) is 0 Å². The Morgan fingerprint density at radius 1 is 1.23 bits per heavy atom. The number of thiophene rings is 1. The van der Waals surface area contributed by atoms with Gasteiger partial charge in [-0.3, -0.25) is 4.79 Å². The number of ketones is 1. The number of nitrogens with zero attached hydrogens (tertiary/aromatic N) is 2. The van der Waals surface area contributed by atoms with E-state index in [-0.39, 0.29) is 21.3 Å². The van der Waals surface area contributed by atoms with E-state index in [0.29, 0.717) is 29.4 Å². The van der Waals surface area contributed by atoms with Gasteiger partial charge in [0.05, 0.1) is 21.2 Å². The van der Waals surface area contributed by atoms with Gasteiger partial charge >= 0.3 is 5.97 Å². The maximum atomic E-state index is 12.7. The number of carbonyl (C=O) groups is 2. The normalized spacial score (nSPS) is 17.2. The second-order valence-electron chi connectivity index (χ2n) is 7.36. The van der Waals surface area contributed by atoms with Crippen LogP contribution in [0.4, 0.5) is 5.69 Å². The van der Waals surface area contributed by atoms with Gasteiger partial charge in [-0.1, -0.05) is 24.9 Å². The van der Waals surface area contributed by atoms with Crippen molar-refractivity contribution in [1.82, 2.24) is 0 Å². The van der Waals surface area contributed by atoms with Crippen LogP contribution in [0.2, 0.25) is 5.02 Å². The lowest BCUT2D eigenvalue weighted by Crippen LogP contribution is -2.35. The van der Waals surface area contributed by atoms with Crippen molar-refractivity contribution in [1.29, 1.82) is 0 Å². The Hall–Kier alpha value is -2.23. The van der Waals surface area contributed by atoms with Gasteiger partial charge in [0.1, 0.15) is 10.7 Å². The molecule has 0 unspecified atom stereocenters. The van der Waals surface area contributed by atoms with E-state index in [2.05, 4.69) is 4.40 Å². The highest BCUT2D eigenvalue weighted by Crippen LogP contribution is 2.38. The first-order chi connectivity index (χ1) is 14.8. The topological polar surface area (TPSA) is 93.1 Å². The highest BCUT2D eigenvalue weighted by molar-refractivity contribution is 7.90. The molecule has 0 saturated carbocycles. The van der Waals surface area contributed by atoms with Gasteiger partial charge in [0, 0.05) is 17.8 Å². The number of esters is 1. The average Bonchev–Trinajstić information content (AvgIpc) is 3.10. The third-order valence-electron chi connectivity index (χ3n) is 5.28. The Labute approximate surface area is 189 Å². The second kappa shape index (κ2) is 8.72. The summed E-state index contributed by atoms with van der Waals surface area (Å²) in [5.74, 6) is -0.669. The fourth-order valence-electron chi connectivity index (χ4n) is 3.65. The monoisotopic (exact) mass is 480 g/mol. The molecule has 1 aromatic heterocycles. The van der Waals surface area contributed by atoms with Crippen molar-refractivity contribution in [3.63, 3.8) is 0 Å². The van der Waals surface area contributed by atoms with Crippen LogP contribution in [-0.2, 0) is 21.2 Å². The molecule has 3 heterocycles. The maximum Gasteiger partial charge on any atom is 0.340 e. The first-order valence-electron chi connectivity index (χ1n) is 10.0. The molecule has 4 rings (SSSR count). The number of ether oxygens (including phenoxy) is 1. The molecule has 31 heavy (non-hydrogen) atoms. The SMILES string of the molecule is CCc1ccc(C(=O)COC(=O)c2cc3c(cc2Cl)N2CCCCCC2=NS3(=O)=O)s1. The minimum atomic E-state index is -3.96. The molecule has 0 bridgehead atoms. The summed E-state index contributed by atoms with van der Waals surface area (Å²) in [6, 6.07) is 6.24. The molecule has 10 heteroatoms. The van der Waals surface area contributed by atoms with Crippen molar-refractivity contribution >= 4 is 56.2 Å². The molecule has 1 saturated heterocycles. The number of rotatable bonds is 5. The van der Waals surface area contributed by atoms with Crippen LogP contribution in [0.3, 0.4) is 0 Å². The van der Waals surface area contributed by atoms with E-state index in [0.717, 1.165) is 30.6 Å². The summed E-state index contributed by atoms with van der Waals surface area (Å²) < 4.78 is 34.6. The predicted octanol–water partition coefficient (Wildman–Crippen LogP) is 4.48. The summed E-state index contributed by atoms with van der Waals surface area (Å²) in [5.41, 5.74) is 0.320. The number of fused-ring (bicyclic) bond motifs is 3. The Morgan fingerprint density at radius 3 is 2.77 bits per heavy atom. The van der Waals surface area contributed by atoms with Gasteiger partial charge in [0.2, 0.25) is 5.78 Å². The van der Waals surface area contributed by atoms with Crippen LogP contribution < -0.4 is 4.90 Å². The molecular formula is C21H21ClN2O5S2. The van der Waals surface area contributed by atoms with Crippen LogP contribution in [0.25, 0.3) is 0 Å². The fourth-order valence-corrected chi connectivity index (χ4v) is 6.02. The highest BCUT2D eigenvalue weighted by atomic mass is 35.5. The third-order valence-corrected chi connectivity index (χ3v) is 8.19. The zero-order chi connectivity index (χ0) is 22.2. The lowest BCUT2D eigenvalue weighted by Gasteiger charge is -2.30. The number of benzene rings is 1. The van der Waals surface area contributed by atoms with Crippen molar-refractivity contribution in [2.24, 2.45) is 4.40 Å². The summed E-state index contributed by atoms with van der Waals surface area (Å²) in [6.07, 6.45) is 4.16. The molecular weight excluding hydrogens is 460 g/mol. The predicted molar refractivity (Wildman–Crippen MR) is 120 cm³/mol. The van der Waals surface area contributed by atoms with Gasteiger partial charge in [0.15, 0.2) is 6.61 Å². The number of hydrogen-bond donors (Lipinski definition) is 0. The number of hydrogen-bond acceptors (Lipinski definition) is 7. The molecule has 1 aromatic carbocycles. The van der Waals surface area contributed by atoms with Crippen molar-refractivity contribution < 1.29 is 22.7 Å². The lowest BCUT2D eigenvalue weighted by molar-refractivity contribution is 0.0475. The van der Waals surface area contributed by atoms with Gasteiger partial charge in [0.25, 0.3) is 10.0 Å². The summed E-state index contributed by atoms with van der Waals surface area (Å²) in [5, 5.41) is 0.0706. The first kappa shape index (κ1) is 22.0. The van der Waals surface area contributed by atoms with E-state index < -0.39 is 22.6 Å². The quantitative estimate of drug-likeness (QED) is 0.462. The second-order valence-corrected chi connectivity index (χ2v) is 10.5. The van der Waals surface area contributed by atoms with Gasteiger partial charge in [-0.15, -0.1) is 15.7 Å². The van der Waals surface area contributed by atoms with Crippen LogP contribution >= 0.6 is 22.9 Å². The lowest BCUT2D eigenvalue weighted by atomic mass is 10.1. The smallest absolute Gasteiger partial charge is 0.340 e.